The minimum atomic E-state index is 0. The number of carbonyl (C=O) groups excluding carboxylic acids is 1. The number of hydrogen-bond acceptors (Lipinski definition) is 1. The van der Waals surface area contributed by atoms with Crippen LogP contribution >= 0.6 is 0 Å². The molecule has 2 rings (SSSR count). The van der Waals surface area contributed by atoms with Crippen molar-refractivity contribution >= 4 is 6.29 Å². The normalized spacial score (nSPS) is 9.72. The Morgan fingerprint density at radius 1 is 0.944 bits per heavy atom. The quantitative estimate of drug-likeness (QED) is 0.549. The van der Waals surface area contributed by atoms with Crippen LogP contribution in [0.3, 0.4) is 0 Å². The summed E-state index contributed by atoms with van der Waals surface area (Å²) in [6.07, 6.45) is 2.05. The van der Waals surface area contributed by atoms with E-state index in [1.807, 2.05) is 32.0 Å². The van der Waals surface area contributed by atoms with E-state index in [1.54, 1.807) is 0 Å². The Hall–Kier alpha value is -1.29. The molecule has 0 aliphatic carbocycles. The van der Waals surface area contributed by atoms with Crippen molar-refractivity contribution in [2.45, 2.75) is 20.8 Å². The largest absolute Gasteiger partial charge is 1.00 e. The Morgan fingerprint density at radius 3 is 2.11 bits per heavy atom. The van der Waals surface area contributed by atoms with Crippen LogP contribution in [0.5, 0.6) is 0 Å². The molecule has 0 aliphatic heterocycles. The van der Waals surface area contributed by atoms with Crippen LogP contribution in [0.2, 0.25) is 0 Å². The zero-order valence-corrected chi connectivity index (χ0v) is 11.4. The Balaban J connectivity index is 0.00000162. The standard InChI is InChI=1S/C16H15O.Li/c1-11-9-12(2)16(13(3)15(11)10-17)14-7-5-4-6-8-14;/h4-9H,1-3H3;/q-1;+1. The second-order valence-electron chi connectivity index (χ2n) is 4.35. The van der Waals surface area contributed by atoms with Crippen LogP contribution < -0.4 is 18.9 Å². The van der Waals surface area contributed by atoms with Gasteiger partial charge >= 0.3 is 18.9 Å². The number of benzene rings is 2. The molecule has 0 amide bonds. The molecule has 0 saturated carbocycles. The van der Waals surface area contributed by atoms with Crippen molar-refractivity contribution in [1.82, 2.24) is 0 Å². The van der Waals surface area contributed by atoms with Gasteiger partial charge in [-0.05, 0) is 12.5 Å². The summed E-state index contributed by atoms with van der Waals surface area (Å²) in [4.78, 5) is 11.0. The molecule has 2 aromatic carbocycles. The van der Waals surface area contributed by atoms with Gasteiger partial charge < -0.3 is 4.79 Å². The summed E-state index contributed by atoms with van der Waals surface area (Å²) in [6, 6.07) is 12.2. The summed E-state index contributed by atoms with van der Waals surface area (Å²) in [6.45, 7) is 6.02. The maximum absolute atomic E-state index is 11.0. The van der Waals surface area contributed by atoms with E-state index in [-0.39, 0.29) is 18.9 Å². The average Bonchev–Trinajstić information content (AvgIpc) is 2.30. The number of rotatable bonds is 2. The van der Waals surface area contributed by atoms with Crippen LogP contribution in [-0.4, -0.2) is 6.29 Å². The molecular weight excluding hydrogens is 215 g/mol. The molecule has 0 saturated heterocycles. The second-order valence-corrected chi connectivity index (χ2v) is 4.35. The molecule has 0 N–H and O–H groups in total. The van der Waals surface area contributed by atoms with Gasteiger partial charge in [-0.25, -0.2) is 0 Å². The first-order valence-electron chi connectivity index (χ1n) is 5.69. The molecule has 0 bridgehead atoms. The van der Waals surface area contributed by atoms with Gasteiger partial charge in [-0.1, -0.05) is 55.3 Å². The fourth-order valence-electron chi connectivity index (χ4n) is 2.39. The van der Waals surface area contributed by atoms with Crippen LogP contribution in [0.25, 0.3) is 11.1 Å². The van der Waals surface area contributed by atoms with Crippen LogP contribution in [0.4, 0.5) is 0 Å². The monoisotopic (exact) mass is 230 g/mol. The van der Waals surface area contributed by atoms with Gasteiger partial charge in [0.2, 0.25) is 0 Å². The summed E-state index contributed by atoms with van der Waals surface area (Å²) in [5.74, 6) is 0. The van der Waals surface area contributed by atoms with E-state index >= 15 is 0 Å². The van der Waals surface area contributed by atoms with Gasteiger partial charge in [0.05, 0.1) is 6.29 Å². The molecule has 0 fully saturated rings. The van der Waals surface area contributed by atoms with E-state index in [2.05, 4.69) is 31.4 Å². The van der Waals surface area contributed by atoms with E-state index in [0.29, 0.717) is 5.56 Å². The summed E-state index contributed by atoms with van der Waals surface area (Å²) in [5.41, 5.74) is 6.20. The molecule has 18 heavy (non-hydrogen) atoms. The Kier molecular flexibility index (Phi) is 4.96. The average molecular weight is 230 g/mol. The van der Waals surface area contributed by atoms with E-state index < -0.39 is 0 Å². The molecule has 0 radical (unpaired) electrons. The van der Waals surface area contributed by atoms with Gasteiger partial charge in [0.15, 0.2) is 0 Å². The first kappa shape index (κ1) is 14.8. The molecule has 0 spiro atoms. The van der Waals surface area contributed by atoms with E-state index in [1.165, 1.54) is 5.56 Å². The molecular formula is C16H15LiO. The zero-order chi connectivity index (χ0) is 12.4. The van der Waals surface area contributed by atoms with Crippen molar-refractivity contribution in [1.29, 1.82) is 0 Å². The van der Waals surface area contributed by atoms with Gasteiger partial charge in [-0.15, -0.1) is 22.8 Å². The molecule has 0 atom stereocenters. The third-order valence-electron chi connectivity index (χ3n) is 3.14. The van der Waals surface area contributed by atoms with E-state index in [4.69, 9.17) is 0 Å². The fourth-order valence-corrected chi connectivity index (χ4v) is 2.39. The first-order valence-corrected chi connectivity index (χ1v) is 5.69. The predicted octanol–water partition coefficient (Wildman–Crippen LogP) is 0.741. The van der Waals surface area contributed by atoms with Crippen molar-refractivity contribution in [2.24, 2.45) is 0 Å². The SMILES string of the molecule is Cc1cc(C)c(-c2ccccc2)c(C)c1[C-]=O.[Li+]. The third-order valence-corrected chi connectivity index (χ3v) is 3.14. The van der Waals surface area contributed by atoms with Gasteiger partial charge in [-0.3, -0.25) is 0 Å². The van der Waals surface area contributed by atoms with Crippen LogP contribution in [-0.2, 0) is 4.79 Å². The van der Waals surface area contributed by atoms with Crippen LogP contribution in [0.15, 0.2) is 36.4 Å². The molecule has 0 aromatic heterocycles. The second kappa shape index (κ2) is 6.05. The smallest absolute Gasteiger partial charge is 0.376 e. The fraction of sp³-hybridized carbons (Fsp3) is 0.188. The zero-order valence-electron chi connectivity index (χ0n) is 11.4. The van der Waals surface area contributed by atoms with Gasteiger partial charge in [0, 0.05) is 0 Å². The summed E-state index contributed by atoms with van der Waals surface area (Å²) >= 11 is 0. The maximum Gasteiger partial charge on any atom is 1.00 e. The van der Waals surface area contributed by atoms with Crippen molar-refractivity contribution in [3.8, 4) is 11.1 Å². The topological polar surface area (TPSA) is 17.1 Å². The van der Waals surface area contributed by atoms with Gasteiger partial charge in [0.25, 0.3) is 0 Å². The van der Waals surface area contributed by atoms with Crippen molar-refractivity contribution < 1.29 is 23.7 Å². The first-order chi connectivity index (χ1) is 8.15. The molecule has 2 aromatic rings. The predicted molar refractivity (Wildman–Crippen MR) is 70.9 cm³/mol. The van der Waals surface area contributed by atoms with Crippen molar-refractivity contribution in [2.75, 3.05) is 0 Å². The summed E-state index contributed by atoms with van der Waals surface area (Å²) < 4.78 is 0. The third kappa shape index (κ3) is 2.58. The molecule has 0 unspecified atom stereocenters. The minimum Gasteiger partial charge on any atom is -0.376 e. The number of hydrogen-bond donors (Lipinski definition) is 0. The van der Waals surface area contributed by atoms with Crippen molar-refractivity contribution in [3.63, 3.8) is 0 Å². The molecule has 0 aliphatic rings. The Labute approximate surface area is 120 Å². The number of aryl methyl sites for hydroxylation is 2. The van der Waals surface area contributed by atoms with Crippen LogP contribution in [0, 0.1) is 20.8 Å². The maximum atomic E-state index is 11.0. The molecule has 2 heteroatoms. The van der Waals surface area contributed by atoms with E-state index in [9.17, 15) is 4.79 Å². The van der Waals surface area contributed by atoms with Crippen molar-refractivity contribution in [3.05, 3.63) is 58.7 Å². The molecule has 86 valence electrons. The van der Waals surface area contributed by atoms with Gasteiger partial charge in [-0.2, -0.15) is 0 Å². The minimum absolute atomic E-state index is 0. The van der Waals surface area contributed by atoms with Crippen LogP contribution in [0.1, 0.15) is 22.3 Å². The molecule has 0 heterocycles. The Bertz CT molecular complexity index is 559. The Morgan fingerprint density at radius 2 is 1.56 bits per heavy atom. The van der Waals surface area contributed by atoms with Gasteiger partial charge in [0.1, 0.15) is 0 Å². The summed E-state index contributed by atoms with van der Waals surface area (Å²) in [5, 5.41) is 0. The van der Waals surface area contributed by atoms with E-state index in [0.717, 1.165) is 22.3 Å². The summed E-state index contributed by atoms with van der Waals surface area (Å²) in [7, 11) is 0. The molecule has 1 nitrogen and oxygen atoms in total.